The van der Waals surface area contributed by atoms with Crippen LogP contribution in [0.15, 0.2) is 47.3 Å². The van der Waals surface area contributed by atoms with E-state index in [1.54, 1.807) is 4.57 Å². The van der Waals surface area contributed by atoms with E-state index in [9.17, 15) is 4.79 Å². The smallest absolute Gasteiger partial charge is 0.252 e. The molecule has 0 saturated carbocycles. The van der Waals surface area contributed by atoms with Crippen LogP contribution >= 0.6 is 0 Å². The third kappa shape index (κ3) is 3.76. The third-order valence-electron chi connectivity index (χ3n) is 6.55. The highest BCUT2D eigenvalue weighted by Crippen LogP contribution is 2.35. The van der Waals surface area contributed by atoms with Crippen molar-refractivity contribution in [1.29, 1.82) is 0 Å². The summed E-state index contributed by atoms with van der Waals surface area (Å²) in [5.41, 5.74) is 4.46. The van der Waals surface area contributed by atoms with Crippen LogP contribution in [-0.4, -0.2) is 30.5 Å². The van der Waals surface area contributed by atoms with Gasteiger partial charge in [0.05, 0.1) is 11.2 Å². The average Bonchev–Trinajstić information content (AvgIpc) is 3.28. The lowest BCUT2D eigenvalue weighted by molar-refractivity contribution is 0.174. The largest absolute Gasteiger partial charge is 0.454 e. The van der Waals surface area contributed by atoms with E-state index in [0.29, 0.717) is 6.04 Å². The predicted molar refractivity (Wildman–Crippen MR) is 123 cm³/mol. The Morgan fingerprint density at radius 2 is 1.81 bits per heavy atom. The second-order valence-electron chi connectivity index (χ2n) is 8.43. The Kier molecular flexibility index (Phi) is 5.32. The first-order chi connectivity index (χ1) is 15.1. The molecule has 6 heteroatoms. The van der Waals surface area contributed by atoms with Crippen LogP contribution < -0.4 is 25.2 Å². The summed E-state index contributed by atoms with van der Waals surface area (Å²) in [7, 11) is 1.85. The number of hydrogen-bond acceptors (Lipinski definition) is 5. The number of rotatable bonds is 5. The van der Waals surface area contributed by atoms with Crippen molar-refractivity contribution in [3.63, 3.8) is 0 Å². The Morgan fingerprint density at radius 3 is 2.61 bits per heavy atom. The van der Waals surface area contributed by atoms with Crippen molar-refractivity contribution in [2.75, 3.05) is 24.8 Å². The van der Waals surface area contributed by atoms with Crippen LogP contribution in [0.5, 0.6) is 11.5 Å². The molecule has 6 nitrogen and oxygen atoms in total. The van der Waals surface area contributed by atoms with Crippen molar-refractivity contribution >= 4 is 16.6 Å². The van der Waals surface area contributed by atoms with Gasteiger partial charge in [0.2, 0.25) is 6.79 Å². The number of benzene rings is 2. The van der Waals surface area contributed by atoms with Crippen LogP contribution in [0.2, 0.25) is 0 Å². The Hall–Kier alpha value is -2.99. The van der Waals surface area contributed by atoms with Gasteiger partial charge in [-0.2, -0.15) is 0 Å². The molecule has 3 aromatic rings. The van der Waals surface area contributed by atoms with E-state index in [0.717, 1.165) is 72.5 Å². The maximum atomic E-state index is 12.9. The fourth-order valence-corrected chi connectivity index (χ4v) is 4.71. The molecule has 0 unspecified atom stereocenters. The predicted octanol–water partition coefficient (Wildman–Crippen LogP) is 3.59. The molecule has 1 saturated heterocycles. The van der Waals surface area contributed by atoms with Crippen molar-refractivity contribution in [3.05, 3.63) is 63.9 Å². The lowest BCUT2D eigenvalue weighted by Crippen LogP contribution is -2.43. The Balaban J connectivity index is 1.63. The fraction of sp³-hybridized carbons (Fsp3) is 0.400. The number of aryl methyl sites for hydroxylation is 2. The van der Waals surface area contributed by atoms with Gasteiger partial charge in [0.25, 0.3) is 5.56 Å². The number of aromatic nitrogens is 1. The van der Waals surface area contributed by atoms with E-state index in [-0.39, 0.29) is 12.4 Å². The maximum Gasteiger partial charge on any atom is 0.252 e. The SMILES string of the molecule is CCc1ccc2c(c1)c(N(Cc1ccc3c(c1)OCO3)C1CCNCC1)cc(=O)n2C. The van der Waals surface area contributed by atoms with Crippen molar-refractivity contribution in [2.45, 2.75) is 38.8 Å². The van der Waals surface area contributed by atoms with Gasteiger partial charge in [0.1, 0.15) is 0 Å². The molecular formula is C25H29N3O3. The zero-order valence-corrected chi connectivity index (χ0v) is 18.2. The maximum absolute atomic E-state index is 12.9. The normalized spacial score (nSPS) is 16.1. The van der Waals surface area contributed by atoms with Gasteiger partial charge in [-0.25, -0.2) is 0 Å². The minimum atomic E-state index is 0.0244. The van der Waals surface area contributed by atoms with Gasteiger partial charge in [-0.05, 0) is 67.7 Å². The van der Waals surface area contributed by atoms with Crippen molar-refractivity contribution in [3.8, 4) is 11.5 Å². The zero-order chi connectivity index (χ0) is 21.4. The number of piperidine rings is 1. The number of hydrogen-bond donors (Lipinski definition) is 1. The summed E-state index contributed by atoms with van der Waals surface area (Å²) in [4.78, 5) is 15.3. The minimum Gasteiger partial charge on any atom is -0.454 e. The molecule has 1 N–H and O–H groups in total. The summed E-state index contributed by atoms with van der Waals surface area (Å²) in [6.45, 7) is 5.15. The summed E-state index contributed by atoms with van der Waals surface area (Å²) < 4.78 is 12.8. The second-order valence-corrected chi connectivity index (χ2v) is 8.43. The molecule has 0 atom stereocenters. The first-order valence-electron chi connectivity index (χ1n) is 11.1. The summed E-state index contributed by atoms with van der Waals surface area (Å²) in [6, 6.07) is 14.8. The quantitative estimate of drug-likeness (QED) is 0.685. The van der Waals surface area contributed by atoms with E-state index in [1.165, 1.54) is 5.56 Å². The van der Waals surface area contributed by atoms with E-state index in [2.05, 4.69) is 47.5 Å². The summed E-state index contributed by atoms with van der Waals surface area (Å²) in [5, 5.41) is 4.61. The molecule has 0 aliphatic carbocycles. The Morgan fingerprint density at radius 1 is 1.03 bits per heavy atom. The molecule has 1 fully saturated rings. The van der Waals surface area contributed by atoms with Gasteiger partial charge in [0, 0.05) is 31.1 Å². The lowest BCUT2D eigenvalue weighted by atomic mass is 10.00. The van der Waals surface area contributed by atoms with Crippen LogP contribution in [0.25, 0.3) is 10.9 Å². The Labute approximate surface area is 182 Å². The summed E-state index contributed by atoms with van der Waals surface area (Å²) >= 11 is 0. The summed E-state index contributed by atoms with van der Waals surface area (Å²) in [5.74, 6) is 1.59. The Bertz CT molecular complexity index is 1160. The second kappa shape index (κ2) is 8.27. The standard InChI is InChI=1S/C25H29N3O3/c1-3-17-4-6-21-20(12-17)22(14-25(29)27(21)2)28(19-8-10-26-11-9-19)15-18-5-7-23-24(13-18)31-16-30-23/h4-7,12-14,19,26H,3,8-11,15-16H2,1-2H3. The highest BCUT2D eigenvalue weighted by molar-refractivity contribution is 5.92. The number of pyridine rings is 1. The van der Waals surface area contributed by atoms with E-state index >= 15 is 0 Å². The van der Waals surface area contributed by atoms with Crippen molar-refractivity contribution < 1.29 is 9.47 Å². The molecule has 31 heavy (non-hydrogen) atoms. The highest BCUT2D eigenvalue weighted by atomic mass is 16.7. The molecule has 3 heterocycles. The molecule has 2 aliphatic heterocycles. The zero-order valence-electron chi connectivity index (χ0n) is 18.2. The molecule has 0 bridgehead atoms. The molecule has 162 valence electrons. The molecule has 5 rings (SSSR count). The third-order valence-corrected chi connectivity index (χ3v) is 6.55. The van der Waals surface area contributed by atoms with Crippen molar-refractivity contribution in [2.24, 2.45) is 7.05 Å². The summed E-state index contributed by atoms with van der Waals surface area (Å²) in [6.07, 6.45) is 3.07. The number of ether oxygens (including phenoxy) is 2. The van der Waals surface area contributed by atoms with E-state index in [4.69, 9.17) is 9.47 Å². The van der Waals surface area contributed by atoms with Crippen LogP contribution in [0.1, 0.15) is 30.9 Å². The van der Waals surface area contributed by atoms with Gasteiger partial charge in [-0.3, -0.25) is 4.79 Å². The lowest BCUT2D eigenvalue weighted by Gasteiger charge is -2.37. The van der Waals surface area contributed by atoms with Crippen LogP contribution in [0.3, 0.4) is 0 Å². The minimum absolute atomic E-state index is 0.0244. The number of anilines is 1. The van der Waals surface area contributed by atoms with Gasteiger partial charge in [-0.1, -0.05) is 19.1 Å². The number of nitrogens with zero attached hydrogens (tertiary/aromatic N) is 2. The molecule has 2 aromatic carbocycles. The van der Waals surface area contributed by atoms with Crippen molar-refractivity contribution in [1.82, 2.24) is 9.88 Å². The molecular weight excluding hydrogens is 390 g/mol. The number of nitrogens with one attached hydrogen (secondary N) is 1. The number of fused-ring (bicyclic) bond motifs is 2. The van der Waals surface area contributed by atoms with Crippen LogP contribution in [0, 0.1) is 0 Å². The molecule has 1 aromatic heterocycles. The molecule has 0 spiro atoms. The first-order valence-corrected chi connectivity index (χ1v) is 11.1. The monoisotopic (exact) mass is 419 g/mol. The van der Waals surface area contributed by atoms with E-state index in [1.807, 2.05) is 19.2 Å². The highest BCUT2D eigenvalue weighted by Gasteiger charge is 2.25. The molecule has 0 amide bonds. The van der Waals surface area contributed by atoms with Crippen LogP contribution in [-0.2, 0) is 20.0 Å². The van der Waals surface area contributed by atoms with E-state index < -0.39 is 0 Å². The van der Waals surface area contributed by atoms with Gasteiger partial charge in [0.15, 0.2) is 11.5 Å². The topological polar surface area (TPSA) is 55.7 Å². The average molecular weight is 420 g/mol. The molecule has 0 radical (unpaired) electrons. The molecule has 2 aliphatic rings. The van der Waals surface area contributed by atoms with Crippen LogP contribution in [0.4, 0.5) is 5.69 Å². The van der Waals surface area contributed by atoms with Gasteiger partial charge < -0.3 is 24.3 Å². The fourth-order valence-electron chi connectivity index (χ4n) is 4.71. The first kappa shape index (κ1) is 19.9. The van der Waals surface area contributed by atoms with Gasteiger partial charge >= 0.3 is 0 Å². The van der Waals surface area contributed by atoms with Gasteiger partial charge in [-0.15, -0.1) is 0 Å².